The normalized spacial score (nSPS) is 12.6. The van der Waals surface area contributed by atoms with Crippen molar-refractivity contribution < 1.29 is 9.53 Å². The summed E-state index contributed by atoms with van der Waals surface area (Å²) >= 11 is 7.02. The number of hydrogen-bond donors (Lipinski definition) is 1. The summed E-state index contributed by atoms with van der Waals surface area (Å²) in [6.07, 6.45) is 2.37. The van der Waals surface area contributed by atoms with E-state index in [9.17, 15) is 14.9 Å². The molecule has 27 heavy (non-hydrogen) atoms. The number of nitrogens with one attached hydrogen (secondary N) is 1. The molecule has 1 amide bonds. The molecule has 0 fully saturated rings. The van der Waals surface area contributed by atoms with Crippen molar-refractivity contribution >= 4 is 40.5 Å². The number of benzene rings is 1. The third-order valence-corrected chi connectivity index (χ3v) is 5.14. The molecular formula is C19H20ClN3O3S. The van der Waals surface area contributed by atoms with Crippen LogP contribution in [0.3, 0.4) is 0 Å². The second kappa shape index (κ2) is 10.1. The number of nitrogens with zero attached hydrogens (tertiary/aromatic N) is 2. The zero-order valence-corrected chi connectivity index (χ0v) is 16.7. The van der Waals surface area contributed by atoms with Gasteiger partial charge in [0.25, 0.3) is 11.5 Å². The van der Waals surface area contributed by atoms with Crippen LogP contribution in [0.2, 0.25) is 5.02 Å². The van der Waals surface area contributed by atoms with Crippen LogP contribution >= 0.6 is 22.9 Å². The molecular weight excluding hydrogens is 386 g/mol. The maximum Gasteiger partial charge on any atom is 0.269 e. The zero-order chi connectivity index (χ0) is 19.8. The van der Waals surface area contributed by atoms with E-state index < -0.39 is 5.91 Å². The highest BCUT2D eigenvalue weighted by Crippen LogP contribution is 2.09. The Morgan fingerprint density at radius 2 is 2.11 bits per heavy atom. The van der Waals surface area contributed by atoms with E-state index in [0.29, 0.717) is 40.3 Å². The Morgan fingerprint density at radius 1 is 1.41 bits per heavy atom. The third-order valence-electron chi connectivity index (χ3n) is 3.76. The Balaban J connectivity index is 2.50. The van der Waals surface area contributed by atoms with Crippen LogP contribution in [0.15, 0.2) is 29.1 Å². The SMILES string of the molecule is CCn1c(=O)/c(=C/c2ccc(Cl)cc2)s/c1=C(\C#N)C(=O)NCCCOC. The Labute approximate surface area is 166 Å². The number of halogens is 1. The second-order valence-corrected chi connectivity index (χ2v) is 7.07. The summed E-state index contributed by atoms with van der Waals surface area (Å²) < 4.78 is 7.19. The first-order chi connectivity index (χ1) is 13.0. The van der Waals surface area contributed by atoms with E-state index in [0.717, 1.165) is 16.9 Å². The first kappa shape index (κ1) is 20.9. The molecule has 0 aliphatic heterocycles. The molecule has 2 aromatic rings. The van der Waals surface area contributed by atoms with E-state index in [4.69, 9.17) is 16.3 Å². The maximum absolute atomic E-state index is 12.7. The Hall–Kier alpha value is -2.40. The summed E-state index contributed by atoms with van der Waals surface area (Å²) in [5.74, 6) is -0.491. The number of thiazole rings is 1. The molecule has 0 unspecified atom stereocenters. The monoisotopic (exact) mass is 405 g/mol. The highest BCUT2D eigenvalue weighted by Gasteiger charge is 2.14. The summed E-state index contributed by atoms with van der Waals surface area (Å²) in [6.45, 7) is 3.07. The van der Waals surface area contributed by atoms with Crippen LogP contribution in [-0.4, -0.2) is 30.7 Å². The molecule has 1 aromatic heterocycles. The molecule has 0 spiro atoms. The van der Waals surface area contributed by atoms with Crippen molar-refractivity contribution in [2.24, 2.45) is 0 Å². The molecule has 142 valence electrons. The summed E-state index contributed by atoms with van der Waals surface area (Å²) in [4.78, 5) is 25.1. The smallest absolute Gasteiger partial charge is 0.269 e. The topological polar surface area (TPSA) is 84.1 Å². The van der Waals surface area contributed by atoms with Gasteiger partial charge in [-0.1, -0.05) is 23.7 Å². The first-order valence-corrected chi connectivity index (χ1v) is 9.59. The number of hydrogen-bond acceptors (Lipinski definition) is 5. The van der Waals surface area contributed by atoms with Crippen LogP contribution in [-0.2, 0) is 16.1 Å². The minimum absolute atomic E-state index is 0.0628. The van der Waals surface area contributed by atoms with Gasteiger partial charge in [0.05, 0.1) is 4.53 Å². The number of carbonyl (C=O) groups excluding carboxylic acids is 1. The van der Waals surface area contributed by atoms with Crippen molar-refractivity contribution in [2.75, 3.05) is 20.3 Å². The van der Waals surface area contributed by atoms with Gasteiger partial charge in [-0.05, 0) is 37.1 Å². The van der Waals surface area contributed by atoms with E-state index in [2.05, 4.69) is 5.32 Å². The second-order valence-electron chi connectivity index (χ2n) is 5.61. The van der Waals surface area contributed by atoms with Crippen LogP contribution in [0.1, 0.15) is 18.9 Å². The molecule has 0 aliphatic carbocycles. The minimum Gasteiger partial charge on any atom is -0.385 e. The molecule has 0 radical (unpaired) electrons. The molecule has 1 N–H and O–H groups in total. The quantitative estimate of drug-likeness (QED) is 0.702. The lowest BCUT2D eigenvalue weighted by Crippen LogP contribution is -2.34. The van der Waals surface area contributed by atoms with Gasteiger partial charge in [0.1, 0.15) is 10.7 Å². The van der Waals surface area contributed by atoms with Crippen LogP contribution in [0, 0.1) is 11.3 Å². The molecule has 0 bridgehead atoms. The number of amides is 1. The lowest BCUT2D eigenvalue weighted by atomic mass is 10.2. The average molecular weight is 406 g/mol. The Morgan fingerprint density at radius 3 is 2.70 bits per heavy atom. The summed E-state index contributed by atoms with van der Waals surface area (Å²) in [5.41, 5.74) is 0.523. The molecule has 8 heteroatoms. The fourth-order valence-corrected chi connectivity index (χ4v) is 3.69. The number of aromatic nitrogens is 1. The largest absolute Gasteiger partial charge is 0.385 e. The van der Waals surface area contributed by atoms with Crippen LogP contribution in [0.25, 0.3) is 11.6 Å². The molecule has 1 aromatic carbocycles. The van der Waals surface area contributed by atoms with Gasteiger partial charge in [0, 0.05) is 31.8 Å². The predicted octanol–water partition coefficient (Wildman–Crippen LogP) is 1.24. The molecule has 1 heterocycles. The van der Waals surface area contributed by atoms with Gasteiger partial charge in [-0.2, -0.15) is 5.26 Å². The molecule has 0 aliphatic rings. The number of nitriles is 1. The average Bonchev–Trinajstić information content (AvgIpc) is 2.96. The van der Waals surface area contributed by atoms with Gasteiger partial charge < -0.3 is 10.1 Å². The first-order valence-electron chi connectivity index (χ1n) is 8.40. The fraction of sp³-hybridized carbons (Fsp3) is 0.316. The standard InChI is InChI=1S/C19H20ClN3O3S/c1-3-23-18(25)16(11-13-5-7-14(20)8-6-13)27-19(23)15(12-21)17(24)22-9-4-10-26-2/h5-8,11H,3-4,9-10H2,1-2H3,(H,22,24)/b16-11-,19-15+. The van der Waals surface area contributed by atoms with E-state index in [1.807, 2.05) is 6.07 Å². The minimum atomic E-state index is -0.491. The lowest BCUT2D eigenvalue weighted by molar-refractivity contribution is -0.115. The van der Waals surface area contributed by atoms with Crippen molar-refractivity contribution in [1.82, 2.24) is 9.88 Å². The van der Waals surface area contributed by atoms with E-state index in [1.54, 1.807) is 44.4 Å². The van der Waals surface area contributed by atoms with Crippen molar-refractivity contribution in [2.45, 2.75) is 19.9 Å². The van der Waals surface area contributed by atoms with Gasteiger partial charge in [-0.25, -0.2) is 0 Å². The van der Waals surface area contributed by atoms with Gasteiger partial charge in [0.2, 0.25) is 0 Å². The Bertz CT molecular complexity index is 1020. The highest BCUT2D eigenvalue weighted by molar-refractivity contribution is 7.07. The van der Waals surface area contributed by atoms with E-state index in [-0.39, 0.29) is 11.1 Å². The van der Waals surface area contributed by atoms with Crippen molar-refractivity contribution in [1.29, 1.82) is 5.26 Å². The van der Waals surface area contributed by atoms with Crippen LogP contribution in [0.5, 0.6) is 0 Å². The number of methoxy groups -OCH3 is 1. The third kappa shape index (κ3) is 5.30. The van der Waals surface area contributed by atoms with Gasteiger partial charge in [-0.3, -0.25) is 14.2 Å². The van der Waals surface area contributed by atoms with Gasteiger partial charge >= 0.3 is 0 Å². The van der Waals surface area contributed by atoms with E-state index >= 15 is 0 Å². The summed E-state index contributed by atoms with van der Waals surface area (Å²) in [5, 5.41) is 12.8. The fourth-order valence-electron chi connectivity index (χ4n) is 2.41. The Kier molecular flexibility index (Phi) is 7.80. The molecule has 0 saturated heterocycles. The summed E-state index contributed by atoms with van der Waals surface area (Å²) in [6, 6.07) is 9.01. The molecule has 0 atom stereocenters. The van der Waals surface area contributed by atoms with Crippen LogP contribution in [0.4, 0.5) is 0 Å². The number of ether oxygens (including phenoxy) is 1. The van der Waals surface area contributed by atoms with E-state index in [1.165, 1.54) is 4.57 Å². The maximum atomic E-state index is 12.7. The van der Waals surface area contributed by atoms with Gasteiger partial charge in [0.15, 0.2) is 5.57 Å². The molecule has 2 rings (SSSR count). The van der Waals surface area contributed by atoms with Crippen molar-refractivity contribution in [3.63, 3.8) is 0 Å². The molecule has 0 saturated carbocycles. The number of rotatable bonds is 7. The van der Waals surface area contributed by atoms with Crippen LogP contribution < -0.4 is 20.1 Å². The predicted molar refractivity (Wildman–Crippen MR) is 107 cm³/mol. The lowest BCUT2D eigenvalue weighted by Gasteiger charge is -2.04. The highest BCUT2D eigenvalue weighted by atomic mass is 35.5. The van der Waals surface area contributed by atoms with Gasteiger partial charge in [-0.15, -0.1) is 11.3 Å². The van der Waals surface area contributed by atoms with Crippen molar-refractivity contribution in [3.05, 3.63) is 54.4 Å². The zero-order valence-electron chi connectivity index (χ0n) is 15.1. The molecule has 6 nitrogen and oxygen atoms in total. The summed E-state index contributed by atoms with van der Waals surface area (Å²) in [7, 11) is 1.58. The number of carbonyl (C=O) groups is 1. The van der Waals surface area contributed by atoms with Crippen molar-refractivity contribution in [3.8, 4) is 6.07 Å².